The molecule has 3 aliphatic heterocycles. The number of rotatable bonds is 17. The molecule has 3 unspecified atom stereocenters. The number of hydrogen-bond acceptors (Lipinski definition) is 7. The van der Waals surface area contributed by atoms with E-state index in [1.165, 1.54) is 0 Å². The molecule has 6 atom stereocenters. The zero-order chi connectivity index (χ0) is 31.1. The van der Waals surface area contributed by atoms with Crippen LogP contribution in [0.4, 0.5) is 11.4 Å². The van der Waals surface area contributed by atoms with Gasteiger partial charge in [0.25, 0.3) is 5.91 Å². The number of nitrogens with zero attached hydrogens (tertiary/aromatic N) is 3. The molecule has 43 heavy (non-hydrogen) atoms. The van der Waals surface area contributed by atoms with Gasteiger partial charge >= 0.3 is 5.97 Å². The SMILES string of the molecule is C=CCCCOC(=O)[C@H]1[C@@H]2OC3(CC2Br)C(C(=O)N(CC=C)c2ccc(N(CC)CC)cc2)N(CCCCCO)C(=O)[C@H]13. The second kappa shape index (κ2) is 14.9. The van der Waals surface area contributed by atoms with Crippen LogP contribution in [-0.4, -0.2) is 89.8 Å². The van der Waals surface area contributed by atoms with Crippen molar-refractivity contribution in [3.05, 3.63) is 49.6 Å². The summed E-state index contributed by atoms with van der Waals surface area (Å²) in [4.78, 5) is 47.7. The molecule has 9 nitrogen and oxygen atoms in total. The maximum Gasteiger partial charge on any atom is 0.312 e. The van der Waals surface area contributed by atoms with Gasteiger partial charge in [-0.25, -0.2) is 0 Å². The number of benzene rings is 1. The fourth-order valence-corrected chi connectivity index (χ4v) is 7.96. The number of hydrogen-bond donors (Lipinski definition) is 1. The topological polar surface area (TPSA) is 99.6 Å². The summed E-state index contributed by atoms with van der Waals surface area (Å²) < 4.78 is 12.2. The van der Waals surface area contributed by atoms with Crippen LogP contribution in [0.5, 0.6) is 0 Å². The maximum atomic E-state index is 14.7. The first-order valence-corrected chi connectivity index (χ1v) is 16.5. The smallest absolute Gasteiger partial charge is 0.312 e. The predicted octanol–water partition coefficient (Wildman–Crippen LogP) is 4.47. The van der Waals surface area contributed by atoms with Gasteiger partial charge in [0.05, 0.1) is 24.5 Å². The van der Waals surface area contributed by atoms with E-state index in [0.29, 0.717) is 44.3 Å². The molecular formula is C33H46BrN3O6. The van der Waals surface area contributed by atoms with E-state index in [1.807, 2.05) is 24.3 Å². The van der Waals surface area contributed by atoms with E-state index in [-0.39, 0.29) is 36.4 Å². The number of anilines is 2. The van der Waals surface area contributed by atoms with Gasteiger partial charge < -0.3 is 29.3 Å². The molecule has 3 aliphatic rings. The summed E-state index contributed by atoms with van der Waals surface area (Å²) >= 11 is 3.72. The highest BCUT2D eigenvalue weighted by Gasteiger charge is 2.77. The van der Waals surface area contributed by atoms with Crippen LogP contribution in [0, 0.1) is 11.8 Å². The van der Waals surface area contributed by atoms with Crippen LogP contribution in [-0.2, 0) is 23.9 Å². The van der Waals surface area contributed by atoms with Gasteiger partial charge in [0, 0.05) is 49.0 Å². The minimum absolute atomic E-state index is 0.0648. The Labute approximate surface area is 264 Å². The number of ether oxygens (including phenoxy) is 2. The molecule has 3 saturated heterocycles. The predicted molar refractivity (Wildman–Crippen MR) is 171 cm³/mol. The Hall–Kier alpha value is -2.69. The number of unbranched alkanes of at least 4 members (excludes halogenated alkanes) is 3. The van der Waals surface area contributed by atoms with Crippen molar-refractivity contribution in [2.45, 2.75) is 74.9 Å². The quantitative estimate of drug-likeness (QED) is 0.114. The number of alkyl halides is 1. The fraction of sp³-hybridized carbons (Fsp3) is 0.606. The molecule has 2 bridgehead atoms. The van der Waals surface area contributed by atoms with Crippen molar-refractivity contribution in [2.24, 2.45) is 11.8 Å². The van der Waals surface area contributed by atoms with Gasteiger partial charge in [0.15, 0.2) is 0 Å². The Morgan fingerprint density at radius 3 is 2.44 bits per heavy atom. The van der Waals surface area contributed by atoms with Crippen LogP contribution in [0.1, 0.15) is 52.4 Å². The number of esters is 1. The molecule has 1 aromatic carbocycles. The molecule has 2 amide bonds. The average molecular weight is 661 g/mol. The number of halogens is 1. The third-order valence-electron chi connectivity index (χ3n) is 9.02. The van der Waals surface area contributed by atoms with Crippen LogP contribution >= 0.6 is 15.9 Å². The molecule has 4 rings (SSSR count). The fourth-order valence-electron chi connectivity index (χ4n) is 7.02. The van der Waals surface area contributed by atoms with Gasteiger partial charge in [-0.1, -0.05) is 28.1 Å². The Morgan fingerprint density at radius 2 is 1.81 bits per heavy atom. The van der Waals surface area contributed by atoms with Gasteiger partial charge in [-0.3, -0.25) is 14.4 Å². The van der Waals surface area contributed by atoms with Gasteiger partial charge in [0.2, 0.25) is 5.91 Å². The van der Waals surface area contributed by atoms with Crippen molar-refractivity contribution in [2.75, 3.05) is 49.2 Å². The normalized spacial score (nSPS) is 27.2. The Balaban J connectivity index is 1.69. The lowest BCUT2D eigenvalue weighted by Crippen LogP contribution is -2.57. The molecule has 0 radical (unpaired) electrons. The van der Waals surface area contributed by atoms with E-state index in [9.17, 15) is 19.5 Å². The molecule has 3 fully saturated rings. The second-order valence-electron chi connectivity index (χ2n) is 11.5. The Bertz CT molecular complexity index is 1160. The van der Waals surface area contributed by atoms with Crippen molar-refractivity contribution >= 4 is 45.1 Å². The summed E-state index contributed by atoms with van der Waals surface area (Å²) in [7, 11) is 0. The molecule has 1 spiro atoms. The summed E-state index contributed by atoms with van der Waals surface area (Å²) in [6.07, 6.45) is 6.63. The van der Waals surface area contributed by atoms with Crippen molar-refractivity contribution < 1.29 is 29.0 Å². The third-order valence-corrected chi connectivity index (χ3v) is 9.86. The maximum absolute atomic E-state index is 14.7. The number of allylic oxidation sites excluding steroid dienone is 1. The van der Waals surface area contributed by atoms with E-state index in [2.05, 4.69) is 47.8 Å². The molecule has 1 aromatic rings. The Morgan fingerprint density at radius 1 is 1.12 bits per heavy atom. The van der Waals surface area contributed by atoms with Gasteiger partial charge in [-0.15, -0.1) is 13.2 Å². The first-order valence-electron chi connectivity index (χ1n) is 15.6. The van der Waals surface area contributed by atoms with Crippen LogP contribution in [0.15, 0.2) is 49.6 Å². The zero-order valence-corrected chi connectivity index (χ0v) is 27.0. The minimum Gasteiger partial charge on any atom is -0.465 e. The Kier molecular flexibility index (Phi) is 11.5. The summed E-state index contributed by atoms with van der Waals surface area (Å²) in [5, 5.41) is 9.30. The lowest BCUT2D eigenvalue weighted by Gasteiger charge is -2.37. The first kappa shape index (κ1) is 33.2. The van der Waals surface area contributed by atoms with Gasteiger partial charge in [0.1, 0.15) is 11.6 Å². The average Bonchev–Trinajstić information content (AvgIpc) is 3.60. The van der Waals surface area contributed by atoms with E-state index >= 15 is 0 Å². The summed E-state index contributed by atoms with van der Waals surface area (Å²) in [5.74, 6) is -2.56. The van der Waals surface area contributed by atoms with Gasteiger partial charge in [-0.05, 0) is 76.6 Å². The molecule has 0 aromatic heterocycles. The number of aliphatic hydroxyl groups is 1. The molecule has 236 valence electrons. The first-order chi connectivity index (χ1) is 20.8. The van der Waals surface area contributed by atoms with E-state index in [4.69, 9.17) is 9.47 Å². The van der Waals surface area contributed by atoms with Crippen LogP contribution in [0.3, 0.4) is 0 Å². The highest BCUT2D eigenvalue weighted by molar-refractivity contribution is 9.09. The van der Waals surface area contributed by atoms with E-state index < -0.39 is 35.6 Å². The number of likely N-dealkylation sites (tertiary alicyclic amines) is 1. The molecular weight excluding hydrogens is 614 g/mol. The highest BCUT2D eigenvalue weighted by Crippen LogP contribution is 2.60. The largest absolute Gasteiger partial charge is 0.465 e. The number of aliphatic hydroxyl groups excluding tert-OH is 1. The van der Waals surface area contributed by atoms with Crippen LogP contribution < -0.4 is 9.80 Å². The van der Waals surface area contributed by atoms with E-state index in [0.717, 1.165) is 25.2 Å². The number of fused-ring (bicyclic) bond motifs is 1. The lowest BCUT2D eigenvalue weighted by molar-refractivity contribution is -0.155. The van der Waals surface area contributed by atoms with Crippen molar-refractivity contribution in [1.82, 2.24) is 4.90 Å². The second-order valence-corrected chi connectivity index (χ2v) is 12.7. The number of carbonyl (C=O) groups excluding carboxylic acids is 3. The monoisotopic (exact) mass is 659 g/mol. The molecule has 0 aliphatic carbocycles. The summed E-state index contributed by atoms with van der Waals surface area (Å²) in [5.41, 5.74) is 0.610. The summed E-state index contributed by atoms with van der Waals surface area (Å²) in [6, 6.07) is 6.95. The van der Waals surface area contributed by atoms with Crippen molar-refractivity contribution in [1.29, 1.82) is 0 Å². The highest BCUT2D eigenvalue weighted by atomic mass is 79.9. The van der Waals surface area contributed by atoms with Crippen LogP contribution in [0.2, 0.25) is 0 Å². The van der Waals surface area contributed by atoms with Crippen molar-refractivity contribution in [3.63, 3.8) is 0 Å². The third kappa shape index (κ3) is 6.42. The standard InChI is InChI=1S/C33H46BrN3O6/c1-5-9-13-21-42-32(41)26-27-30(39)37(19-11-10-12-20-38)29(33(27)22-25(34)28(26)43-33)31(40)36(18-6-2)24-16-14-23(15-17-24)35(7-3)8-4/h5-6,14-17,25-29,38H,1-2,7-13,18-22H2,3-4H3/t25?,26-,27+,28-,29?,33?/m1/s1. The van der Waals surface area contributed by atoms with Crippen molar-refractivity contribution in [3.8, 4) is 0 Å². The zero-order valence-electron chi connectivity index (χ0n) is 25.5. The van der Waals surface area contributed by atoms with Crippen LogP contribution in [0.25, 0.3) is 0 Å². The molecule has 10 heteroatoms. The minimum atomic E-state index is -1.16. The van der Waals surface area contributed by atoms with Gasteiger partial charge in [-0.2, -0.15) is 0 Å². The van der Waals surface area contributed by atoms with E-state index in [1.54, 1.807) is 22.0 Å². The summed E-state index contributed by atoms with van der Waals surface area (Å²) in [6.45, 7) is 14.4. The molecule has 1 N–H and O–H groups in total. The number of carbonyl (C=O) groups is 3. The number of amides is 2. The molecule has 0 saturated carbocycles. The molecule has 3 heterocycles. The lowest BCUT2D eigenvalue weighted by atomic mass is 9.70.